The quantitative estimate of drug-likeness (QED) is 0.591. The van der Waals surface area contributed by atoms with E-state index in [0.717, 1.165) is 43.4 Å². The van der Waals surface area contributed by atoms with Gasteiger partial charge in [0.15, 0.2) is 5.82 Å². The van der Waals surface area contributed by atoms with Crippen LogP contribution in [0.15, 0.2) is 35.0 Å². The Hall–Kier alpha value is -3.30. The first-order chi connectivity index (χ1) is 14.3. The van der Waals surface area contributed by atoms with Gasteiger partial charge in [0.05, 0.1) is 23.7 Å². The van der Waals surface area contributed by atoms with Crippen LogP contribution in [0.3, 0.4) is 0 Å². The second-order valence-corrected chi connectivity index (χ2v) is 6.75. The molecule has 10 heteroatoms. The van der Waals surface area contributed by atoms with Crippen LogP contribution >= 0.6 is 0 Å². The molecule has 0 aliphatic heterocycles. The number of nitrogens with one attached hydrogen (secondary N) is 1. The normalized spacial score (nSPS) is 13.8. The number of anilines is 1. The van der Waals surface area contributed by atoms with Gasteiger partial charge in [-0.2, -0.15) is 13.2 Å². The molecule has 1 aliphatic carbocycles. The fourth-order valence-corrected chi connectivity index (χ4v) is 3.45. The topological polar surface area (TPSA) is 68.0 Å². The lowest BCUT2D eigenvalue weighted by Crippen LogP contribution is -2.17. The average Bonchev–Trinajstić information content (AvgIpc) is 3.09. The van der Waals surface area contributed by atoms with Crippen molar-refractivity contribution in [2.45, 2.75) is 31.9 Å². The fourth-order valence-electron chi connectivity index (χ4n) is 3.45. The third kappa shape index (κ3) is 3.64. The summed E-state index contributed by atoms with van der Waals surface area (Å²) in [4.78, 5) is 20.0. The van der Waals surface area contributed by atoms with Gasteiger partial charge in [-0.1, -0.05) is 6.07 Å². The van der Waals surface area contributed by atoms with Gasteiger partial charge in [-0.25, -0.2) is 13.8 Å². The highest BCUT2D eigenvalue weighted by Crippen LogP contribution is 2.43. The summed E-state index contributed by atoms with van der Waals surface area (Å²) >= 11 is 0. The van der Waals surface area contributed by atoms with E-state index >= 15 is 0 Å². The van der Waals surface area contributed by atoms with Crippen LogP contribution in [-0.4, -0.2) is 15.9 Å². The van der Waals surface area contributed by atoms with Crippen LogP contribution in [0.25, 0.3) is 11.3 Å². The van der Waals surface area contributed by atoms with Gasteiger partial charge in [-0.05, 0) is 31.4 Å². The smallest absolute Gasteiger partial charge is 0.450 e. The zero-order valence-electron chi connectivity index (χ0n) is 15.3. The summed E-state index contributed by atoms with van der Waals surface area (Å²) in [6.45, 7) is 0. The Morgan fingerprint density at radius 1 is 1.03 bits per heavy atom. The van der Waals surface area contributed by atoms with E-state index < -0.39 is 35.0 Å². The van der Waals surface area contributed by atoms with E-state index in [1.165, 1.54) is 0 Å². The minimum Gasteiger partial charge on any atom is -0.455 e. The molecule has 2 aromatic heterocycles. The molecule has 0 spiro atoms. The molecule has 0 fully saturated rings. The van der Waals surface area contributed by atoms with Gasteiger partial charge in [-0.15, -0.1) is 0 Å². The number of carbonyl (C=O) groups excluding carboxylic acids is 1. The highest BCUT2D eigenvalue weighted by Gasteiger charge is 2.41. The number of fused-ring (bicyclic) bond motifs is 1. The number of carbonyl (C=O) groups is 1. The van der Waals surface area contributed by atoms with Crippen molar-refractivity contribution in [3.8, 4) is 11.3 Å². The largest absolute Gasteiger partial charge is 0.455 e. The van der Waals surface area contributed by atoms with Crippen molar-refractivity contribution >= 4 is 11.7 Å². The minimum atomic E-state index is -4.70. The molecule has 0 unspecified atom stereocenters. The van der Waals surface area contributed by atoms with Gasteiger partial charge in [0.25, 0.3) is 5.91 Å². The van der Waals surface area contributed by atoms with Gasteiger partial charge < -0.3 is 9.73 Å². The van der Waals surface area contributed by atoms with E-state index in [4.69, 9.17) is 4.42 Å². The van der Waals surface area contributed by atoms with Crippen molar-refractivity contribution in [3.05, 3.63) is 64.9 Å². The van der Waals surface area contributed by atoms with Crippen LogP contribution in [-0.2, 0) is 19.0 Å². The minimum absolute atomic E-state index is 0.0655. The Morgan fingerprint density at radius 2 is 1.73 bits per heavy atom. The van der Waals surface area contributed by atoms with Crippen molar-refractivity contribution in [3.63, 3.8) is 0 Å². The molecule has 0 atom stereocenters. The van der Waals surface area contributed by atoms with Crippen LogP contribution in [0.4, 0.5) is 27.8 Å². The molecule has 4 rings (SSSR count). The zero-order valence-corrected chi connectivity index (χ0v) is 15.3. The van der Waals surface area contributed by atoms with E-state index in [2.05, 4.69) is 15.3 Å². The number of benzene rings is 1. The van der Waals surface area contributed by atoms with Crippen LogP contribution in [0.2, 0.25) is 0 Å². The second-order valence-electron chi connectivity index (χ2n) is 6.75. The lowest BCUT2D eigenvalue weighted by Gasteiger charge is -2.11. The molecule has 0 saturated heterocycles. The number of nitrogens with zero attached hydrogens (tertiary/aromatic N) is 2. The number of aromatic nitrogens is 2. The summed E-state index contributed by atoms with van der Waals surface area (Å²) in [6.07, 6.45) is -0.321. The van der Waals surface area contributed by atoms with Crippen molar-refractivity contribution in [2.24, 2.45) is 0 Å². The van der Waals surface area contributed by atoms with Gasteiger partial charge in [0.2, 0.25) is 5.76 Å². The van der Waals surface area contributed by atoms with Crippen molar-refractivity contribution in [1.82, 2.24) is 9.97 Å². The molecule has 1 N–H and O–H groups in total. The lowest BCUT2D eigenvalue weighted by molar-refractivity contribution is -0.152. The van der Waals surface area contributed by atoms with Crippen LogP contribution in [0, 0.1) is 11.6 Å². The molecule has 2 heterocycles. The Bertz CT molecular complexity index is 1090. The summed E-state index contributed by atoms with van der Waals surface area (Å²) in [7, 11) is 0. The van der Waals surface area contributed by atoms with Crippen LogP contribution < -0.4 is 5.32 Å². The predicted molar refractivity (Wildman–Crippen MR) is 95.7 cm³/mol. The maximum absolute atomic E-state index is 13.7. The molecule has 1 aliphatic rings. The average molecular weight is 423 g/mol. The first kappa shape index (κ1) is 20.0. The number of aryl methyl sites for hydroxylation is 1. The Morgan fingerprint density at radius 3 is 2.37 bits per heavy atom. The van der Waals surface area contributed by atoms with E-state index in [0.29, 0.717) is 18.4 Å². The standard InChI is InChI=1S/C20H14F5N3O2/c21-11-5-3-6-12(22)17(11)19(29)28-15-9-26-13(8-27-15)16-10-4-1-2-7-14(10)30-18(16)20(23,24)25/h3,5-6,8-9H,1-2,4,7H2,(H,27,28,29). The highest BCUT2D eigenvalue weighted by atomic mass is 19.4. The molecule has 0 radical (unpaired) electrons. The Kier molecular flexibility index (Phi) is 5.00. The maximum atomic E-state index is 13.7. The van der Waals surface area contributed by atoms with Crippen molar-refractivity contribution < 1.29 is 31.2 Å². The number of hydrogen-bond acceptors (Lipinski definition) is 4. The van der Waals surface area contributed by atoms with Crippen molar-refractivity contribution in [1.29, 1.82) is 0 Å². The number of amides is 1. The van der Waals surface area contributed by atoms with Crippen LogP contribution in [0.1, 0.15) is 40.3 Å². The molecule has 5 nitrogen and oxygen atoms in total. The Labute approximate surface area is 167 Å². The summed E-state index contributed by atoms with van der Waals surface area (Å²) in [5.41, 5.74) is -0.577. The molecule has 30 heavy (non-hydrogen) atoms. The van der Waals surface area contributed by atoms with Gasteiger partial charge in [-0.3, -0.25) is 9.78 Å². The van der Waals surface area contributed by atoms with Gasteiger partial charge >= 0.3 is 6.18 Å². The number of halogens is 5. The first-order valence-electron chi connectivity index (χ1n) is 9.05. The Balaban J connectivity index is 1.65. The van der Waals surface area contributed by atoms with Gasteiger partial charge in [0, 0.05) is 12.0 Å². The molecule has 1 aromatic carbocycles. The second kappa shape index (κ2) is 7.51. The number of alkyl halides is 3. The SMILES string of the molecule is O=C(Nc1cnc(-c2c(C(F)(F)F)oc3c2CCCC3)cn1)c1c(F)cccc1F. The zero-order chi connectivity index (χ0) is 21.5. The third-order valence-corrected chi connectivity index (χ3v) is 4.77. The molecule has 0 saturated carbocycles. The lowest BCUT2D eigenvalue weighted by atomic mass is 9.93. The molecule has 156 valence electrons. The molecular formula is C20H14F5N3O2. The number of hydrogen-bond donors (Lipinski definition) is 1. The molecule has 1 amide bonds. The van der Waals surface area contributed by atoms with Crippen molar-refractivity contribution in [2.75, 3.05) is 5.32 Å². The van der Waals surface area contributed by atoms with Gasteiger partial charge in [0.1, 0.15) is 23.0 Å². The summed E-state index contributed by atoms with van der Waals surface area (Å²) in [6, 6.07) is 2.96. The van der Waals surface area contributed by atoms with E-state index in [1.54, 1.807) is 0 Å². The molecule has 3 aromatic rings. The first-order valence-corrected chi connectivity index (χ1v) is 9.05. The fraction of sp³-hybridized carbons (Fsp3) is 0.250. The third-order valence-electron chi connectivity index (χ3n) is 4.77. The number of rotatable bonds is 3. The van der Waals surface area contributed by atoms with E-state index in [-0.39, 0.29) is 22.8 Å². The summed E-state index contributed by atoms with van der Waals surface area (Å²) < 4.78 is 72.9. The molecule has 0 bridgehead atoms. The number of furan rings is 1. The van der Waals surface area contributed by atoms with E-state index in [1.807, 2.05) is 0 Å². The maximum Gasteiger partial charge on any atom is 0.450 e. The summed E-state index contributed by atoms with van der Waals surface area (Å²) in [5, 5.41) is 2.18. The molecular weight excluding hydrogens is 409 g/mol. The van der Waals surface area contributed by atoms with Crippen LogP contribution in [0.5, 0.6) is 0 Å². The predicted octanol–water partition coefficient (Wildman–Crippen LogP) is 5.16. The van der Waals surface area contributed by atoms with E-state index in [9.17, 15) is 26.7 Å². The highest BCUT2D eigenvalue weighted by molar-refractivity contribution is 6.04. The summed E-state index contributed by atoms with van der Waals surface area (Å²) in [5.74, 6) is -4.22. The monoisotopic (exact) mass is 423 g/mol.